The predicted octanol–water partition coefficient (Wildman–Crippen LogP) is 3.51. The highest BCUT2D eigenvalue weighted by molar-refractivity contribution is 7.15. The van der Waals surface area contributed by atoms with Gasteiger partial charge in [-0.2, -0.15) is 0 Å². The average Bonchev–Trinajstić information content (AvgIpc) is 3.05. The summed E-state index contributed by atoms with van der Waals surface area (Å²) in [5, 5.41) is 5.69. The molecule has 0 fully saturated rings. The highest BCUT2D eigenvalue weighted by atomic mass is 32.1. The summed E-state index contributed by atoms with van der Waals surface area (Å²) < 4.78 is 8.28. The molecule has 0 amide bonds. The molecule has 0 aromatic carbocycles. The van der Waals surface area contributed by atoms with Crippen LogP contribution in [0.25, 0.3) is 4.96 Å². The molecule has 4 nitrogen and oxygen atoms in total. The Hall–Kier alpha value is -0.910. The third-order valence-electron chi connectivity index (χ3n) is 4.27. The lowest BCUT2D eigenvalue weighted by Gasteiger charge is -2.39. The molecule has 1 atom stereocenters. The first-order valence-corrected chi connectivity index (χ1v) is 8.85. The van der Waals surface area contributed by atoms with E-state index in [4.69, 9.17) is 9.72 Å². The molecule has 0 aliphatic heterocycles. The zero-order valence-corrected chi connectivity index (χ0v) is 14.4. The molecule has 0 radical (unpaired) electrons. The normalized spacial score (nSPS) is 13.9. The summed E-state index contributed by atoms with van der Waals surface area (Å²) in [6.45, 7) is 10.4. The zero-order chi connectivity index (χ0) is 15.3. The van der Waals surface area contributed by atoms with Crippen LogP contribution in [0, 0.1) is 0 Å². The maximum absolute atomic E-state index is 6.18. The van der Waals surface area contributed by atoms with Gasteiger partial charge in [0, 0.05) is 36.8 Å². The molecule has 118 valence electrons. The van der Waals surface area contributed by atoms with E-state index in [0.717, 1.165) is 43.1 Å². The van der Waals surface area contributed by atoms with Gasteiger partial charge in [0.05, 0.1) is 11.3 Å². The van der Waals surface area contributed by atoms with Crippen molar-refractivity contribution in [1.29, 1.82) is 0 Å². The molecule has 2 aromatic heterocycles. The van der Waals surface area contributed by atoms with Crippen molar-refractivity contribution in [2.24, 2.45) is 0 Å². The molecular weight excluding hydrogens is 282 g/mol. The number of nitrogens with zero attached hydrogens (tertiary/aromatic N) is 2. The van der Waals surface area contributed by atoms with Crippen molar-refractivity contribution in [2.75, 3.05) is 13.2 Å². The minimum atomic E-state index is -0.109. The zero-order valence-electron chi connectivity index (χ0n) is 13.6. The van der Waals surface area contributed by atoms with Gasteiger partial charge in [0.25, 0.3) is 0 Å². The van der Waals surface area contributed by atoms with Crippen molar-refractivity contribution < 1.29 is 4.74 Å². The van der Waals surface area contributed by atoms with Gasteiger partial charge < -0.3 is 10.1 Å². The van der Waals surface area contributed by atoms with Crippen molar-refractivity contribution in [2.45, 2.75) is 58.6 Å². The second kappa shape index (κ2) is 7.38. The fourth-order valence-corrected chi connectivity index (χ4v) is 3.83. The van der Waals surface area contributed by atoms with E-state index in [0.29, 0.717) is 6.04 Å². The van der Waals surface area contributed by atoms with E-state index in [2.05, 4.69) is 55.2 Å². The lowest BCUT2D eigenvalue weighted by Crippen LogP contribution is -2.53. The van der Waals surface area contributed by atoms with E-state index in [9.17, 15) is 0 Å². The Balaban J connectivity index is 2.22. The maximum atomic E-state index is 6.18. The molecule has 0 saturated heterocycles. The third-order valence-corrected chi connectivity index (χ3v) is 5.04. The number of imidazole rings is 1. The number of hydrogen-bond donors (Lipinski definition) is 1. The highest BCUT2D eigenvalue weighted by Gasteiger charge is 2.36. The standard InChI is InChI=1S/C16H27N3OS/c1-5-16(6-2,20-8-4)14(17-7-3)11-13-12-19-9-10-21-15(19)18-13/h9-10,12,14,17H,5-8,11H2,1-4H3. The number of rotatable bonds is 9. The van der Waals surface area contributed by atoms with Gasteiger partial charge in [0.15, 0.2) is 4.96 Å². The first-order chi connectivity index (χ1) is 10.2. The number of ether oxygens (including phenoxy) is 1. The predicted molar refractivity (Wildman–Crippen MR) is 89.2 cm³/mol. The van der Waals surface area contributed by atoms with Crippen molar-refractivity contribution >= 4 is 16.3 Å². The largest absolute Gasteiger partial charge is 0.374 e. The summed E-state index contributed by atoms with van der Waals surface area (Å²) in [4.78, 5) is 5.79. The molecule has 2 aromatic rings. The van der Waals surface area contributed by atoms with Crippen molar-refractivity contribution in [3.8, 4) is 0 Å². The van der Waals surface area contributed by atoms with Crippen LogP contribution in [0.15, 0.2) is 17.8 Å². The number of nitrogens with one attached hydrogen (secondary N) is 1. The molecule has 0 bridgehead atoms. The van der Waals surface area contributed by atoms with Gasteiger partial charge in [-0.15, -0.1) is 11.3 Å². The summed E-state index contributed by atoms with van der Waals surface area (Å²) in [6, 6.07) is 0.294. The first kappa shape index (κ1) is 16.5. The fourth-order valence-electron chi connectivity index (χ4n) is 3.11. The van der Waals surface area contributed by atoms with E-state index in [1.165, 1.54) is 0 Å². The van der Waals surface area contributed by atoms with Crippen LogP contribution in [0.1, 0.15) is 46.2 Å². The monoisotopic (exact) mass is 309 g/mol. The molecule has 1 unspecified atom stereocenters. The Morgan fingerprint density at radius 1 is 1.33 bits per heavy atom. The van der Waals surface area contributed by atoms with Crippen LogP contribution in [0.3, 0.4) is 0 Å². The van der Waals surface area contributed by atoms with Gasteiger partial charge in [-0.25, -0.2) is 4.98 Å². The van der Waals surface area contributed by atoms with Gasteiger partial charge >= 0.3 is 0 Å². The second-order valence-corrected chi connectivity index (χ2v) is 6.22. The molecule has 0 spiro atoms. The topological polar surface area (TPSA) is 38.6 Å². The van der Waals surface area contributed by atoms with Gasteiger partial charge in [-0.3, -0.25) is 4.40 Å². The number of fused-ring (bicyclic) bond motifs is 1. The van der Waals surface area contributed by atoms with Crippen LogP contribution in [0.5, 0.6) is 0 Å². The maximum Gasteiger partial charge on any atom is 0.193 e. The Kier molecular flexibility index (Phi) is 5.79. The molecule has 2 heterocycles. The van der Waals surface area contributed by atoms with Crippen LogP contribution >= 0.6 is 11.3 Å². The molecule has 0 aliphatic carbocycles. The van der Waals surface area contributed by atoms with Crippen molar-refractivity contribution in [1.82, 2.24) is 14.7 Å². The molecule has 0 saturated carbocycles. The number of likely N-dealkylation sites (N-methyl/N-ethyl adjacent to an activating group) is 1. The smallest absolute Gasteiger partial charge is 0.193 e. The van der Waals surface area contributed by atoms with Crippen LogP contribution in [-0.2, 0) is 11.2 Å². The Bertz CT molecular complexity index is 516. The third kappa shape index (κ3) is 3.47. The van der Waals surface area contributed by atoms with E-state index >= 15 is 0 Å². The fraction of sp³-hybridized carbons (Fsp3) is 0.688. The minimum absolute atomic E-state index is 0.109. The Morgan fingerprint density at radius 2 is 2.10 bits per heavy atom. The Labute approximate surface area is 131 Å². The molecule has 0 aliphatic rings. The van der Waals surface area contributed by atoms with Gasteiger partial charge in [-0.1, -0.05) is 20.8 Å². The second-order valence-electron chi connectivity index (χ2n) is 5.34. The lowest BCUT2D eigenvalue weighted by atomic mass is 9.85. The van der Waals surface area contributed by atoms with Gasteiger partial charge in [0.1, 0.15) is 0 Å². The summed E-state index contributed by atoms with van der Waals surface area (Å²) in [7, 11) is 0. The van der Waals surface area contributed by atoms with E-state index < -0.39 is 0 Å². The van der Waals surface area contributed by atoms with E-state index in [1.807, 2.05) is 0 Å². The molecule has 1 N–H and O–H groups in total. The van der Waals surface area contributed by atoms with Crippen LogP contribution in [0.2, 0.25) is 0 Å². The van der Waals surface area contributed by atoms with Crippen LogP contribution in [0.4, 0.5) is 0 Å². The minimum Gasteiger partial charge on any atom is -0.374 e. The van der Waals surface area contributed by atoms with Crippen LogP contribution < -0.4 is 5.32 Å². The molecule has 5 heteroatoms. The summed E-state index contributed by atoms with van der Waals surface area (Å²) in [5.41, 5.74) is 1.03. The summed E-state index contributed by atoms with van der Waals surface area (Å²) >= 11 is 1.68. The quantitative estimate of drug-likeness (QED) is 0.770. The first-order valence-electron chi connectivity index (χ1n) is 7.97. The van der Waals surface area contributed by atoms with Crippen molar-refractivity contribution in [3.63, 3.8) is 0 Å². The molecule has 21 heavy (non-hydrogen) atoms. The highest BCUT2D eigenvalue weighted by Crippen LogP contribution is 2.27. The number of hydrogen-bond acceptors (Lipinski definition) is 4. The van der Waals surface area contributed by atoms with Crippen LogP contribution in [-0.4, -0.2) is 34.2 Å². The lowest BCUT2D eigenvalue weighted by molar-refractivity contribution is -0.0717. The number of thiazole rings is 1. The molecule has 2 rings (SSSR count). The summed E-state index contributed by atoms with van der Waals surface area (Å²) in [5.74, 6) is 0. The summed E-state index contributed by atoms with van der Waals surface area (Å²) in [6.07, 6.45) is 7.13. The van der Waals surface area contributed by atoms with Gasteiger partial charge in [0.2, 0.25) is 0 Å². The Morgan fingerprint density at radius 3 is 2.67 bits per heavy atom. The van der Waals surface area contributed by atoms with Gasteiger partial charge in [-0.05, 0) is 26.3 Å². The number of aromatic nitrogens is 2. The van der Waals surface area contributed by atoms with E-state index in [1.54, 1.807) is 11.3 Å². The van der Waals surface area contributed by atoms with E-state index in [-0.39, 0.29) is 5.60 Å². The SMILES string of the molecule is CCNC(Cc1cn2ccsc2n1)C(CC)(CC)OCC. The van der Waals surface area contributed by atoms with Crippen molar-refractivity contribution in [3.05, 3.63) is 23.5 Å². The average molecular weight is 309 g/mol. The molecular formula is C16H27N3OS.